The lowest BCUT2D eigenvalue weighted by atomic mass is 10.1. The van der Waals surface area contributed by atoms with E-state index in [1.54, 1.807) is 18.2 Å². The summed E-state index contributed by atoms with van der Waals surface area (Å²) in [7, 11) is 0. The lowest BCUT2D eigenvalue weighted by Gasteiger charge is -2.23. The first-order valence-corrected chi connectivity index (χ1v) is 7.18. The predicted molar refractivity (Wildman–Crippen MR) is 87.3 cm³/mol. The van der Waals surface area contributed by atoms with Crippen LogP contribution in [0.5, 0.6) is 0 Å². The van der Waals surface area contributed by atoms with Crippen molar-refractivity contribution in [3.05, 3.63) is 40.9 Å². The summed E-state index contributed by atoms with van der Waals surface area (Å²) in [4.78, 5) is 28.5. The molecule has 1 aliphatic heterocycles. The van der Waals surface area contributed by atoms with E-state index in [2.05, 4.69) is 15.6 Å². The van der Waals surface area contributed by atoms with Gasteiger partial charge in [0.1, 0.15) is 6.54 Å². The van der Waals surface area contributed by atoms with Gasteiger partial charge in [-0.2, -0.15) is 0 Å². The third-order valence-corrected chi connectivity index (χ3v) is 3.71. The van der Waals surface area contributed by atoms with Crippen LogP contribution in [0.4, 0.5) is 0 Å². The van der Waals surface area contributed by atoms with E-state index in [0.717, 1.165) is 25.9 Å². The fourth-order valence-corrected chi connectivity index (χ4v) is 2.62. The summed E-state index contributed by atoms with van der Waals surface area (Å²) >= 11 is 0. The van der Waals surface area contributed by atoms with Crippen LogP contribution in [0.2, 0.25) is 0 Å². The van der Waals surface area contributed by atoms with Gasteiger partial charge in [-0.15, -0.1) is 12.4 Å². The zero-order valence-corrected chi connectivity index (χ0v) is 12.9. The van der Waals surface area contributed by atoms with E-state index < -0.39 is 0 Å². The van der Waals surface area contributed by atoms with Crippen molar-refractivity contribution in [2.75, 3.05) is 13.1 Å². The number of hydrogen-bond donors (Lipinski definition) is 2. The average molecular weight is 323 g/mol. The van der Waals surface area contributed by atoms with Crippen LogP contribution in [-0.4, -0.2) is 34.6 Å². The van der Waals surface area contributed by atoms with Gasteiger partial charge in [0.05, 0.1) is 17.2 Å². The fraction of sp³-hybridized carbons (Fsp3) is 0.400. The van der Waals surface area contributed by atoms with Gasteiger partial charge in [0.15, 0.2) is 0 Å². The molecule has 2 heterocycles. The zero-order valence-electron chi connectivity index (χ0n) is 12.1. The Balaban J connectivity index is 0.00000176. The van der Waals surface area contributed by atoms with E-state index in [-0.39, 0.29) is 36.5 Å². The number of piperidine rings is 1. The lowest BCUT2D eigenvalue weighted by Crippen LogP contribution is -2.47. The first-order valence-electron chi connectivity index (χ1n) is 7.18. The first-order chi connectivity index (χ1) is 10.2. The second kappa shape index (κ2) is 7.38. The number of rotatable bonds is 3. The summed E-state index contributed by atoms with van der Waals surface area (Å²) < 4.78 is 1.36. The molecule has 6 nitrogen and oxygen atoms in total. The number of benzene rings is 1. The van der Waals surface area contributed by atoms with Crippen molar-refractivity contribution in [2.24, 2.45) is 0 Å². The highest BCUT2D eigenvalue weighted by Gasteiger charge is 2.16. The Hall–Kier alpha value is -1.92. The summed E-state index contributed by atoms with van der Waals surface area (Å²) in [6.07, 6.45) is 3.47. The molecule has 2 N–H and O–H groups in total. The molecule has 0 aliphatic carbocycles. The molecule has 118 valence electrons. The van der Waals surface area contributed by atoms with Crippen LogP contribution in [0.3, 0.4) is 0 Å². The Morgan fingerprint density at radius 2 is 2.23 bits per heavy atom. The monoisotopic (exact) mass is 322 g/mol. The SMILES string of the molecule is Cl.O=C(Cn1cnc2ccccc2c1=O)NC1CCCNC1. The van der Waals surface area contributed by atoms with E-state index in [1.165, 1.54) is 10.9 Å². The van der Waals surface area contributed by atoms with E-state index in [4.69, 9.17) is 0 Å². The highest BCUT2D eigenvalue weighted by molar-refractivity contribution is 5.85. The van der Waals surface area contributed by atoms with E-state index in [9.17, 15) is 9.59 Å². The molecule has 3 rings (SSSR count). The average Bonchev–Trinajstić information content (AvgIpc) is 2.51. The highest BCUT2D eigenvalue weighted by atomic mass is 35.5. The highest BCUT2D eigenvalue weighted by Crippen LogP contribution is 2.05. The molecule has 1 aromatic carbocycles. The maximum absolute atomic E-state index is 12.3. The minimum absolute atomic E-state index is 0. The number of halogens is 1. The third kappa shape index (κ3) is 3.64. The molecule has 1 aromatic heterocycles. The molecule has 2 aromatic rings. The molecule has 0 spiro atoms. The molecule has 1 atom stereocenters. The van der Waals surface area contributed by atoms with Crippen molar-refractivity contribution in [2.45, 2.75) is 25.4 Å². The normalized spacial score (nSPS) is 17.7. The van der Waals surface area contributed by atoms with Gasteiger partial charge in [-0.1, -0.05) is 12.1 Å². The van der Waals surface area contributed by atoms with Crippen LogP contribution in [0.1, 0.15) is 12.8 Å². The van der Waals surface area contributed by atoms with Crippen LogP contribution >= 0.6 is 12.4 Å². The molecule has 1 amide bonds. The van der Waals surface area contributed by atoms with Crippen molar-refractivity contribution in [3.8, 4) is 0 Å². The first kappa shape index (κ1) is 16.5. The van der Waals surface area contributed by atoms with Crippen LogP contribution in [0, 0.1) is 0 Å². The van der Waals surface area contributed by atoms with Crippen molar-refractivity contribution < 1.29 is 4.79 Å². The largest absolute Gasteiger partial charge is 0.351 e. The molecule has 7 heteroatoms. The molecule has 1 fully saturated rings. The Bertz CT molecular complexity index is 710. The topological polar surface area (TPSA) is 76.0 Å². The quantitative estimate of drug-likeness (QED) is 0.871. The summed E-state index contributed by atoms with van der Waals surface area (Å²) in [6, 6.07) is 7.29. The van der Waals surface area contributed by atoms with Crippen molar-refractivity contribution in [1.82, 2.24) is 20.2 Å². The molecule has 1 aliphatic rings. The number of carbonyl (C=O) groups excluding carboxylic acids is 1. The molecule has 0 bridgehead atoms. The Labute approximate surface area is 134 Å². The van der Waals surface area contributed by atoms with E-state index in [0.29, 0.717) is 10.9 Å². The lowest BCUT2D eigenvalue weighted by molar-refractivity contribution is -0.122. The zero-order chi connectivity index (χ0) is 14.7. The van der Waals surface area contributed by atoms with E-state index >= 15 is 0 Å². The minimum atomic E-state index is -0.183. The maximum atomic E-state index is 12.3. The van der Waals surface area contributed by atoms with Gasteiger partial charge >= 0.3 is 0 Å². The Kier molecular flexibility index (Phi) is 5.51. The van der Waals surface area contributed by atoms with Crippen LogP contribution in [0.25, 0.3) is 10.9 Å². The molecule has 0 saturated carbocycles. The van der Waals surface area contributed by atoms with E-state index in [1.807, 2.05) is 6.07 Å². The number of aromatic nitrogens is 2. The number of amides is 1. The fourth-order valence-electron chi connectivity index (χ4n) is 2.62. The molecule has 1 unspecified atom stereocenters. The van der Waals surface area contributed by atoms with Crippen molar-refractivity contribution >= 4 is 29.2 Å². The predicted octanol–water partition coefficient (Wildman–Crippen LogP) is 0.686. The Morgan fingerprint density at radius 3 is 3.00 bits per heavy atom. The molecule has 1 saturated heterocycles. The standard InChI is InChI=1S/C15H18N4O2.ClH/c20-14(18-11-4-3-7-16-8-11)9-19-10-17-13-6-2-1-5-12(13)15(19)21;/h1-2,5-6,10-11,16H,3-4,7-9H2,(H,18,20);1H. The smallest absolute Gasteiger partial charge is 0.261 e. The van der Waals surface area contributed by atoms with Crippen LogP contribution in [0.15, 0.2) is 35.4 Å². The van der Waals surface area contributed by atoms with Gasteiger partial charge < -0.3 is 10.6 Å². The summed E-state index contributed by atoms with van der Waals surface area (Å²) in [6.45, 7) is 1.80. The van der Waals surface area contributed by atoms with Gasteiger partial charge in [-0.3, -0.25) is 14.2 Å². The number of nitrogens with zero attached hydrogens (tertiary/aromatic N) is 2. The number of fused-ring (bicyclic) bond motifs is 1. The van der Waals surface area contributed by atoms with Crippen LogP contribution in [-0.2, 0) is 11.3 Å². The number of carbonyl (C=O) groups is 1. The van der Waals surface area contributed by atoms with Gasteiger partial charge in [-0.25, -0.2) is 4.98 Å². The molecule has 0 radical (unpaired) electrons. The van der Waals surface area contributed by atoms with Gasteiger partial charge in [0.2, 0.25) is 5.91 Å². The molecular weight excluding hydrogens is 304 g/mol. The number of para-hydroxylation sites is 1. The summed E-state index contributed by atoms with van der Waals surface area (Å²) in [5.41, 5.74) is 0.466. The number of nitrogens with one attached hydrogen (secondary N) is 2. The van der Waals surface area contributed by atoms with Gasteiger partial charge in [0.25, 0.3) is 5.56 Å². The van der Waals surface area contributed by atoms with Crippen molar-refractivity contribution in [3.63, 3.8) is 0 Å². The Morgan fingerprint density at radius 1 is 1.41 bits per heavy atom. The summed E-state index contributed by atoms with van der Waals surface area (Å²) in [5, 5.41) is 6.73. The van der Waals surface area contributed by atoms with Gasteiger partial charge in [0, 0.05) is 12.6 Å². The summed E-state index contributed by atoms with van der Waals surface area (Å²) in [5.74, 6) is -0.150. The minimum Gasteiger partial charge on any atom is -0.351 e. The van der Waals surface area contributed by atoms with Crippen LogP contribution < -0.4 is 16.2 Å². The number of hydrogen-bond acceptors (Lipinski definition) is 4. The molecule has 22 heavy (non-hydrogen) atoms. The second-order valence-corrected chi connectivity index (χ2v) is 5.31. The second-order valence-electron chi connectivity index (χ2n) is 5.31. The molecular formula is C15H19ClN4O2. The third-order valence-electron chi connectivity index (χ3n) is 3.71. The van der Waals surface area contributed by atoms with Gasteiger partial charge in [-0.05, 0) is 31.5 Å². The van der Waals surface area contributed by atoms with Crippen molar-refractivity contribution in [1.29, 1.82) is 0 Å². The maximum Gasteiger partial charge on any atom is 0.261 e.